The smallest absolute Gasteiger partial charge is 0.292 e. The summed E-state index contributed by atoms with van der Waals surface area (Å²) in [7, 11) is -3.44. The molecule has 1 fully saturated rings. The Kier molecular flexibility index (Phi) is 4.95. The summed E-state index contributed by atoms with van der Waals surface area (Å²) < 4.78 is 37.8. The zero-order chi connectivity index (χ0) is 21.4. The minimum Gasteiger partial charge on any atom is -0.424 e. The maximum atomic E-state index is 12.8. The van der Waals surface area contributed by atoms with E-state index >= 15 is 0 Å². The Bertz CT molecular complexity index is 1320. The average molecular weight is 439 g/mol. The molecule has 2 aromatic carbocycles. The predicted molar refractivity (Wildman–Crippen MR) is 114 cm³/mol. The molecular formula is C21H21N5O4S. The van der Waals surface area contributed by atoms with E-state index in [0.29, 0.717) is 47.2 Å². The second kappa shape index (κ2) is 7.78. The number of benzene rings is 2. The molecule has 2 aromatic heterocycles. The highest BCUT2D eigenvalue weighted by atomic mass is 32.2. The van der Waals surface area contributed by atoms with Gasteiger partial charge in [0.05, 0.1) is 11.3 Å². The maximum absolute atomic E-state index is 12.8. The van der Waals surface area contributed by atoms with E-state index in [9.17, 15) is 8.42 Å². The van der Waals surface area contributed by atoms with Crippen LogP contribution in [0.25, 0.3) is 22.5 Å². The minimum absolute atomic E-state index is 0.103. The minimum atomic E-state index is -3.44. The molecule has 0 spiro atoms. The van der Waals surface area contributed by atoms with Crippen molar-refractivity contribution in [2.24, 2.45) is 0 Å². The standard InChI is InChI=1S/C21H21N5O4S/c22-21-23-17-13-15(6-9-18(17)29-21)20-24-19(30-25-20)12-14-4-7-16(8-5-14)31(27,28)26-10-2-1-3-11-26/h4-9,13H,1-3,10-12H2,(H2,22,23). The van der Waals surface area contributed by atoms with Crippen LogP contribution in [0.3, 0.4) is 0 Å². The molecule has 1 aliphatic heterocycles. The normalized spacial score (nSPS) is 15.5. The van der Waals surface area contributed by atoms with Crippen molar-refractivity contribution in [1.82, 2.24) is 19.4 Å². The Labute approximate surface area is 178 Å². The van der Waals surface area contributed by atoms with Gasteiger partial charge in [-0.15, -0.1) is 0 Å². The molecule has 9 nitrogen and oxygen atoms in total. The van der Waals surface area contributed by atoms with Gasteiger partial charge in [-0.25, -0.2) is 8.42 Å². The molecule has 0 amide bonds. The molecule has 31 heavy (non-hydrogen) atoms. The van der Waals surface area contributed by atoms with Crippen molar-refractivity contribution >= 4 is 27.1 Å². The molecule has 0 bridgehead atoms. The Morgan fingerprint density at radius 1 is 1.00 bits per heavy atom. The number of piperidine rings is 1. The van der Waals surface area contributed by atoms with Gasteiger partial charge in [-0.3, -0.25) is 0 Å². The molecule has 2 N–H and O–H groups in total. The summed E-state index contributed by atoms with van der Waals surface area (Å²) in [5.41, 5.74) is 8.40. The lowest BCUT2D eigenvalue weighted by atomic mass is 10.1. The van der Waals surface area contributed by atoms with Crippen LogP contribution in [0.1, 0.15) is 30.7 Å². The van der Waals surface area contributed by atoms with E-state index in [0.717, 1.165) is 30.4 Å². The Morgan fingerprint density at radius 2 is 1.77 bits per heavy atom. The summed E-state index contributed by atoms with van der Waals surface area (Å²) in [4.78, 5) is 8.86. The number of nitrogens with zero attached hydrogens (tertiary/aromatic N) is 4. The van der Waals surface area contributed by atoms with Gasteiger partial charge < -0.3 is 14.7 Å². The molecule has 10 heteroatoms. The Morgan fingerprint density at radius 3 is 2.55 bits per heavy atom. The molecule has 0 atom stereocenters. The lowest BCUT2D eigenvalue weighted by Gasteiger charge is -2.25. The quantitative estimate of drug-likeness (QED) is 0.502. The molecule has 0 aliphatic carbocycles. The fourth-order valence-electron chi connectivity index (χ4n) is 3.74. The second-order valence-electron chi connectivity index (χ2n) is 7.53. The third kappa shape index (κ3) is 3.91. The zero-order valence-electron chi connectivity index (χ0n) is 16.7. The van der Waals surface area contributed by atoms with E-state index in [1.165, 1.54) is 0 Å². The van der Waals surface area contributed by atoms with Crippen LogP contribution < -0.4 is 5.73 Å². The lowest BCUT2D eigenvalue weighted by Crippen LogP contribution is -2.35. The highest BCUT2D eigenvalue weighted by molar-refractivity contribution is 7.89. The topological polar surface area (TPSA) is 128 Å². The van der Waals surface area contributed by atoms with E-state index < -0.39 is 10.0 Å². The number of nitrogens with two attached hydrogens (primary N) is 1. The van der Waals surface area contributed by atoms with Crippen molar-refractivity contribution in [3.63, 3.8) is 0 Å². The van der Waals surface area contributed by atoms with Gasteiger partial charge in [0.1, 0.15) is 5.52 Å². The highest BCUT2D eigenvalue weighted by Gasteiger charge is 2.25. The average Bonchev–Trinajstić information content (AvgIpc) is 3.39. The first-order chi connectivity index (χ1) is 15.0. The van der Waals surface area contributed by atoms with E-state index in [4.69, 9.17) is 14.7 Å². The van der Waals surface area contributed by atoms with Gasteiger partial charge in [-0.1, -0.05) is 23.7 Å². The number of nitrogen functional groups attached to an aromatic ring is 1. The number of rotatable bonds is 5. The van der Waals surface area contributed by atoms with Gasteiger partial charge in [-0.05, 0) is 48.7 Å². The van der Waals surface area contributed by atoms with Crippen LogP contribution in [0.5, 0.6) is 0 Å². The van der Waals surface area contributed by atoms with E-state index in [1.54, 1.807) is 40.7 Å². The van der Waals surface area contributed by atoms with E-state index in [2.05, 4.69) is 15.1 Å². The first-order valence-electron chi connectivity index (χ1n) is 10.1. The summed E-state index contributed by atoms with van der Waals surface area (Å²) in [5.74, 6) is 0.865. The monoisotopic (exact) mass is 439 g/mol. The van der Waals surface area contributed by atoms with Crippen molar-refractivity contribution in [2.75, 3.05) is 18.8 Å². The third-order valence-electron chi connectivity index (χ3n) is 5.36. The maximum Gasteiger partial charge on any atom is 0.292 e. The fraction of sp³-hybridized carbons (Fsp3) is 0.286. The number of aromatic nitrogens is 3. The summed E-state index contributed by atoms with van der Waals surface area (Å²) in [6.45, 7) is 1.17. The van der Waals surface area contributed by atoms with Gasteiger partial charge in [-0.2, -0.15) is 14.3 Å². The molecule has 0 unspecified atom stereocenters. The van der Waals surface area contributed by atoms with Crippen molar-refractivity contribution in [2.45, 2.75) is 30.6 Å². The molecule has 1 saturated heterocycles. The summed E-state index contributed by atoms with van der Waals surface area (Å²) in [5, 5.41) is 4.04. The van der Waals surface area contributed by atoms with Gasteiger partial charge in [0.25, 0.3) is 6.01 Å². The number of anilines is 1. The number of oxazole rings is 1. The van der Waals surface area contributed by atoms with Crippen molar-refractivity contribution in [1.29, 1.82) is 0 Å². The first-order valence-corrected chi connectivity index (χ1v) is 11.5. The largest absolute Gasteiger partial charge is 0.424 e. The van der Waals surface area contributed by atoms with Crippen LogP contribution in [0.15, 0.2) is 56.3 Å². The number of fused-ring (bicyclic) bond motifs is 1. The molecule has 0 radical (unpaired) electrons. The zero-order valence-corrected chi connectivity index (χ0v) is 17.5. The van der Waals surface area contributed by atoms with Gasteiger partial charge >= 0.3 is 0 Å². The summed E-state index contributed by atoms with van der Waals surface area (Å²) in [6, 6.07) is 12.3. The highest BCUT2D eigenvalue weighted by Crippen LogP contribution is 2.25. The summed E-state index contributed by atoms with van der Waals surface area (Å²) in [6.07, 6.45) is 3.30. The SMILES string of the molecule is Nc1nc2cc(-c3noc(Cc4ccc(S(=O)(=O)N5CCCCC5)cc4)n3)ccc2o1. The van der Waals surface area contributed by atoms with Crippen LogP contribution in [0.2, 0.25) is 0 Å². The lowest BCUT2D eigenvalue weighted by molar-refractivity contribution is 0.346. The molecular weight excluding hydrogens is 418 g/mol. The fourth-order valence-corrected chi connectivity index (χ4v) is 5.25. The number of hydrogen-bond donors (Lipinski definition) is 1. The molecule has 5 rings (SSSR count). The van der Waals surface area contributed by atoms with Gasteiger partial charge in [0.2, 0.25) is 21.7 Å². The van der Waals surface area contributed by atoms with Crippen LogP contribution in [0.4, 0.5) is 6.01 Å². The van der Waals surface area contributed by atoms with Crippen molar-refractivity contribution < 1.29 is 17.4 Å². The molecule has 160 valence electrons. The Hall–Kier alpha value is -3.24. The predicted octanol–water partition coefficient (Wildman–Crippen LogP) is 3.23. The first kappa shape index (κ1) is 19.7. The van der Waals surface area contributed by atoms with Gasteiger partial charge in [0.15, 0.2) is 5.58 Å². The molecule has 1 aliphatic rings. The third-order valence-corrected chi connectivity index (χ3v) is 7.27. The van der Waals surface area contributed by atoms with Crippen molar-refractivity contribution in [3.05, 3.63) is 53.9 Å². The van der Waals surface area contributed by atoms with Crippen molar-refractivity contribution in [3.8, 4) is 11.4 Å². The van der Waals surface area contributed by atoms with E-state index in [1.807, 2.05) is 6.07 Å². The second-order valence-corrected chi connectivity index (χ2v) is 9.47. The van der Waals surface area contributed by atoms with Crippen LogP contribution in [-0.4, -0.2) is 40.9 Å². The summed E-state index contributed by atoms with van der Waals surface area (Å²) >= 11 is 0. The van der Waals surface area contributed by atoms with Crippen LogP contribution >= 0.6 is 0 Å². The molecule has 4 aromatic rings. The molecule has 0 saturated carbocycles. The van der Waals surface area contributed by atoms with E-state index in [-0.39, 0.29) is 6.01 Å². The van der Waals surface area contributed by atoms with Crippen LogP contribution in [-0.2, 0) is 16.4 Å². The van der Waals surface area contributed by atoms with Crippen LogP contribution in [0, 0.1) is 0 Å². The Balaban J connectivity index is 1.32. The molecule has 3 heterocycles. The number of hydrogen-bond acceptors (Lipinski definition) is 8. The van der Waals surface area contributed by atoms with Gasteiger partial charge in [0, 0.05) is 18.7 Å². The number of sulfonamides is 1.